The molecule has 19 heavy (non-hydrogen) atoms. The van der Waals surface area contributed by atoms with Gasteiger partial charge < -0.3 is 15.0 Å². The molecule has 2 saturated heterocycles. The summed E-state index contributed by atoms with van der Waals surface area (Å²) < 4.78 is 5.49. The lowest BCUT2D eigenvalue weighted by atomic mass is 9.72. The smallest absolute Gasteiger partial charge is 0.410 e. The Morgan fingerprint density at radius 2 is 2.16 bits per heavy atom. The van der Waals surface area contributed by atoms with Crippen LogP contribution in [0.15, 0.2) is 0 Å². The molecule has 0 aliphatic carbocycles. The highest BCUT2D eigenvalue weighted by atomic mass is 16.6. The number of nitrogens with one attached hydrogen (secondary N) is 1. The quantitative estimate of drug-likeness (QED) is 0.795. The number of carbonyl (C=O) groups is 1. The molecule has 2 aliphatic heterocycles. The number of piperidine rings is 1. The Labute approximate surface area is 116 Å². The molecule has 0 aromatic rings. The minimum Gasteiger partial charge on any atom is -0.444 e. The Hall–Kier alpha value is -0.770. The average Bonchev–Trinajstić information content (AvgIpc) is 2.76. The van der Waals surface area contributed by atoms with Crippen LogP contribution in [0.2, 0.25) is 0 Å². The van der Waals surface area contributed by atoms with Crippen LogP contribution in [0, 0.1) is 11.3 Å². The lowest BCUT2D eigenvalue weighted by Gasteiger charge is -2.41. The van der Waals surface area contributed by atoms with Crippen LogP contribution in [0.25, 0.3) is 0 Å². The van der Waals surface area contributed by atoms with Crippen molar-refractivity contribution >= 4 is 6.09 Å². The van der Waals surface area contributed by atoms with Gasteiger partial charge in [0, 0.05) is 19.6 Å². The molecule has 4 heteroatoms. The van der Waals surface area contributed by atoms with Gasteiger partial charge >= 0.3 is 6.09 Å². The van der Waals surface area contributed by atoms with E-state index in [1.807, 2.05) is 25.7 Å². The van der Waals surface area contributed by atoms with E-state index in [2.05, 4.69) is 12.2 Å². The number of hydrogen-bond donors (Lipinski definition) is 1. The lowest BCUT2D eigenvalue weighted by Crippen LogP contribution is -2.47. The monoisotopic (exact) mass is 268 g/mol. The standard InChI is InChI=1S/C15H28N2O2/c1-14(2,3)19-13(18)17-9-5-6-12(10-17)15(4)7-8-16-11-15/h12,16H,5-11H2,1-4H3. The van der Waals surface area contributed by atoms with Crippen molar-refractivity contribution in [2.75, 3.05) is 26.2 Å². The van der Waals surface area contributed by atoms with E-state index < -0.39 is 5.60 Å². The van der Waals surface area contributed by atoms with Gasteiger partial charge in [-0.2, -0.15) is 0 Å². The van der Waals surface area contributed by atoms with Crippen LogP contribution < -0.4 is 5.32 Å². The van der Waals surface area contributed by atoms with Crippen molar-refractivity contribution in [2.45, 2.75) is 52.6 Å². The second kappa shape index (κ2) is 5.31. The highest BCUT2D eigenvalue weighted by Crippen LogP contribution is 2.39. The van der Waals surface area contributed by atoms with Crippen molar-refractivity contribution in [3.05, 3.63) is 0 Å². The van der Waals surface area contributed by atoms with Crippen molar-refractivity contribution in [3.63, 3.8) is 0 Å². The van der Waals surface area contributed by atoms with Gasteiger partial charge in [-0.25, -0.2) is 4.79 Å². The third-order valence-corrected chi connectivity index (χ3v) is 4.46. The fourth-order valence-corrected chi connectivity index (χ4v) is 3.22. The van der Waals surface area contributed by atoms with Crippen LogP contribution in [-0.2, 0) is 4.74 Å². The van der Waals surface area contributed by atoms with Gasteiger partial charge in [0.1, 0.15) is 5.60 Å². The van der Waals surface area contributed by atoms with Crippen molar-refractivity contribution < 1.29 is 9.53 Å². The lowest BCUT2D eigenvalue weighted by molar-refractivity contribution is 0.00726. The van der Waals surface area contributed by atoms with Gasteiger partial charge in [-0.05, 0) is 57.9 Å². The van der Waals surface area contributed by atoms with Crippen molar-refractivity contribution in [1.29, 1.82) is 0 Å². The summed E-state index contributed by atoms with van der Waals surface area (Å²) in [4.78, 5) is 14.1. The molecule has 2 fully saturated rings. The SMILES string of the molecule is CC(C)(C)OC(=O)N1CCCC(C2(C)CCNC2)C1. The summed E-state index contributed by atoms with van der Waals surface area (Å²) in [5, 5.41) is 3.46. The first kappa shape index (κ1) is 14.6. The zero-order valence-electron chi connectivity index (χ0n) is 12.8. The minimum absolute atomic E-state index is 0.147. The molecule has 2 atom stereocenters. The Balaban J connectivity index is 1.95. The van der Waals surface area contributed by atoms with Gasteiger partial charge in [0.15, 0.2) is 0 Å². The molecule has 2 heterocycles. The Bertz CT molecular complexity index is 330. The van der Waals surface area contributed by atoms with Crippen molar-refractivity contribution in [2.24, 2.45) is 11.3 Å². The Kier molecular flexibility index (Phi) is 4.09. The summed E-state index contributed by atoms with van der Waals surface area (Å²) >= 11 is 0. The summed E-state index contributed by atoms with van der Waals surface area (Å²) in [5.74, 6) is 0.601. The van der Waals surface area contributed by atoms with Crippen LogP contribution in [0.4, 0.5) is 4.79 Å². The summed E-state index contributed by atoms with van der Waals surface area (Å²) in [6.45, 7) is 12.0. The maximum atomic E-state index is 12.2. The molecule has 0 radical (unpaired) electrons. The van der Waals surface area contributed by atoms with Crippen molar-refractivity contribution in [1.82, 2.24) is 10.2 Å². The molecule has 2 unspecified atom stereocenters. The van der Waals surface area contributed by atoms with Crippen LogP contribution >= 0.6 is 0 Å². The molecule has 1 amide bonds. The van der Waals surface area contributed by atoms with Crippen LogP contribution in [0.5, 0.6) is 0 Å². The molecule has 0 aromatic carbocycles. The summed E-state index contributed by atoms with van der Waals surface area (Å²) in [7, 11) is 0. The summed E-state index contributed by atoms with van der Waals surface area (Å²) in [6, 6.07) is 0. The van der Waals surface area contributed by atoms with E-state index in [-0.39, 0.29) is 6.09 Å². The first-order chi connectivity index (χ1) is 8.80. The van der Waals surface area contributed by atoms with E-state index in [1.165, 1.54) is 12.8 Å². The first-order valence-electron chi connectivity index (χ1n) is 7.49. The van der Waals surface area contributed by atoms with Crippen LogP contribution in [-0.4, -0.2) is 42.8 Å². The second-order valence-electron chi connectivity index (χ2n) is 7.35. The molecule has 0 bridgehead atoms. The van der Waals surface area contributed by atoms with Gasteiger partial charge in [-0.15, -0.1) is 0 Å². The molecular weight excluding hydrogens is 240 g/mol. The number of amides is 1. The average molecular weight is 268 g/mol. The van der Waals surface area contributed by atoms with Gasteiger partial charge in [0.2, 0.25) is 0 Å². The van der Waals surface area contributed by atoms with E-state index in [1.54, 1.807) is 0 Å². The molecular formula is C15H28N2O2. The van der Waals surface area contributed by atoms with Gasteiger partial charge in [0.05, 0.1) is 0 Å². The Morgan fingerprint density at radius 1 is 1.42 bits per heavy atom. The molecule has 1 N–H and O–H groups in total. The van der Waals surface area contributed by atoms with Gasteiger partial charge in [0.25, 0.3) is 0 Å². The Morgan fingerprint density at radius 3 is 2.74 bits per heavy atom. The fraction of sp³-hybridized carbons (Fsp3) is 0.933. The van der Waals surface area contributed by atoms with Gasteiger partial charge in [-0.3, -0.25) is 0 Å². The van der Waals surface area contributed by atoms with Crippen LogP contribution in [0.1, 0.15) is 47.0 Å². The maximum Gasteiger partial charge on any atom is 0.410 e. The minimum atomic E-state index is -0.400. The summed E-state index contributed by atoms with van der Waals surface area (Å²) in [6.07, 6.45) is 3.41. The number of nitrogens with zero attached hydrogens (tertiary/aromatic N) is 1. The number of rotatable bonds is 1. The molecule has 0 saturated carbocycles. The molecule has 4 nitrogen and oxygen atoms in total. The number of ether oxygens (including phenoxy) is 1. The predicted molar refractivity (Wildman–Crippen MR) is 76.1 cm³/mol. The highest BCUT2D eigenvalue weighted by molar-refractivity contribution is 5.68. The van der Waals surface area contributed by atoms with Gasteiger partial charge in [-0.1, -0.05) is 6.92 Å². The highest BCUT2D eigenvalue weighted by Gasteiger charge is 2.40. The van der Waals surface area contributed by atoms with E-state index in [9.17, 15) is 4.79 Å². The first-order valence-corrected chi connectivity index (χ1v) is 7.49. The normalized spacial score (nSPS) is 32.4. The number of hydrogen-bond acceptors (Lipinski definition) is 3. The van der Waals surface area contributed by atoms with E-state index >= 15 is 0 Å². The van der Waals surface area contributed by atoms with E-state index in [0.717, 1.165) is 32.6 Å². The van der Waals surface area contributed by atoms with E-state index in [0.29, 0.717) is 11.3 Å². The predicted octanol–water partition coefficient (Wildman–Crippen LogP) is 2.63. The number of carbonyl (C=O) groups excluding carboxylic acids is 1. The zero-order valence-corrected chi connectivity index (χ0v) is 12.8. The number of likely N-dealkylation sites (tertiary alicyclic amines) is 1. The molecule has 0 aromatic heterocycles. The van der Waals surface area contributed by atoms with E-state index in [4.69, 9.17) is 4.74 Å². The topological polar surface area (TPSA) is 41.6 Å². The molecule has 0 spiro atoms. The largest absolute Gasteiger partial charge is 0.444 e. The maximum absolute atomic E-state index is 12.2. The molecule has 2 rings (SSSR count). The second-order valence-corrected chi connectivity index (χ2v) is 7.35. The third kappa shape index (κ3) is 3.62. The molecule has 110 valence electrons. The molecule has 2 aliphatic rings. The third-order valence-electron chi connectivity index (χ3n) is 4.46. The summed E-state index contributed by atoms with van der Waals surface area (Å²) in [5.41, 5.74) is -0.0521. The van der Waals surface area contributed by atoms with Crippen molar-refractivity contribution in [3.8, 4) is 0 Å². The zero-order chi connectivity index (χ0) is 14.1. The fourth-order valence-electron chi connectivity index (χ4n) is 3.22. The van der Waals surface area contributed by atoms with Crippen LogP contribution in [0.3, 0.4) is 0 Å².